The number of nitro groups is 1. The normalized spacial score (nSPS) is 15.2. The number of nitrogens with zero attached hydrogens (tertiary/aromatic N) is 3. The number of nitrogens with one attached hydrogen (secondary N) is 2. The lowest BCUT2D eigenvalue weighted by atomic mass is 10.2. The van der Waals surface area contributed by atoms with Gasteiger partial charge in [-0.15, -0.1) is 11.3 Å². The fourth-order valence-corrected chi connectivity index (χ4v) is 3.26. The number of aromatic nitrogens is 1. The number of carbonyl (C=O) groups is 1. The SMILES string of the molecule is O=C(C[NH+]1CCN(c2ccc([N+](=O)[O-])cc2)CC1)Nc1nccs1. The molecule has 8 nitrogen and oxygen atoms in total. The van der Waals surface area contributed by atoms with Crippen molar-refractivity contribution in [2.24, 2.45) is 0 Å². The Morgan fingerprint density at radius 1 is 1.33 bits per heavy atom. The van der Waals surface area contributed by atoms with Gasteiger partial charge in [0, 0.05) is 29.4 Å². The third-order valence-electron chi connectivity index (χ3n) is 3.99. The van der Waals surface area contributed by atoms with Gasteiger partial charge < -0.3 is 9.80 Å². The number of hydrogen-bond donors (Lipinski definition) is 2. The van der Waals surface area contributed by atoms with Gasteiger partial charge in [-0.1, -0.05) is 0 Å². The van der Waals surface area contributed by atoms with Crippen LogP contribution in [0.3, 0.4) is 0 Å². The molecule has 1 saturated heterocycles. The van der Waals surface area contributed by atoms with E-state index in [0.29, 0.717) is 11.7 Å². The van der Waals surface area contributed by atoms with E-state index in [9.17, 15) is 14.9 Å². The standard InChI is InChI=1S/C15H17N5O3S/c21-14(17-15-16-5-10-24-15)11-18-6-8-19(9-7-18)12-1-3-13(4-2-12)20(22)23/h1-5,10H,6-9,11H2,(H,16,17,21)/p+1. The molecule has 0 saturated carbocycles. The molecule has 0 radical (unpaired) electrons. The molecular weight excluding hydrogens is 330 g/mol. The Kier molecular flexibility index (Phi) is 5.02. The summed E-state index contributed by atoms with van der Waals surface area (Å²) in [6, 6.07) is 6.60. The molecule has 2 heterocycles. The molecule has 2 aromatic rings. The van der Waals surface area contributed by atoms with Crippen LogP contribution in [0.4, 0.5) is 16.5 Å². The van der Waals surface area contributed by atoms with Gasteiger partial charge in [-0.3, -0.25) is 20.2 Å². The van der Waals surface area contributed by atoms with Crippen molar-refractivity contribution in [2.75, 3.05) is 42.9 Å². The Morgan fingerprint density at radius 3 is 2.62 bits per heavy atom. The molecule has 2 N–H and O–H groups in total. The predicted octanol–water partition coefficient (Wildman–Crippen LogP) is 0.395. The second-order valence-corrected chi connectivity index (χ2v) is 6.47. The van der Waals surface area contributed by atoms with Gasteiger partial charge in [0.15, 0.2) is 11.7 Å². The Balaban J connectivity index is 1.48. The van der Waals surface area contributed by atoms with E-state index < -0.39 is 4.92 Å². The van der Waals surface area contributed by atoms with Crippen molar-refractivity contribution < 1.29 is 14.6 Å². The van der Waals surface area contributed by atoms with E-state index in [1.165, 1.54) is 28.4 Å². The smallest absolute Gasteiger partial charge is 0.281 e. The number of non-ortho nitro benzene ring substituents is 1. The summed E-state index contributed by atoms with van der Waals surface area (Å²) in [5, 5.41) is 15.9. The van der Waals surface area contributed by atoms with Gasteiger partial charge in [-0.2, -0.15) is 0 Å². The number of hydrogen-bond acceptors (Lipinski definition) is 6. The van der Waals surface area contributed by atoms with E-state index in [0.717, 1.165) is 31.9 Å². The predicted molar refractivity (Wildman–Crippen MR) is 91.6 cm³/mol. The van der Waals surface area contributed by atoms with Crippen molar-refractivity contribution in [3.8, 4) is 0 Å². The number of quaternary nitrogens is 1. The van der Waals surface area contributed by atoms with Gasteiger partial charge in [0.1, 0.15) is 0 Å². The maximum absolute atomic E-state index is 12.0. The van der Waals surface area contributed by atoms with Crippen molar-refractivity contribution in [3.63, 3.8) is 0 Å². The van der Waals surface area contributed by atoms with E-state index in [1.807, 2.05) is 5.38 Å². The molecule has 9 heteroatoms. The van der Waals surface area contributed by atoms with Crippen LogP contribution in [0.5, 0.6) is 0 Å². The zero-order valence-electron chi connectivity index (χ0n) is 13.0. The zero-order valence-corrected chi connectivity index (χ0v) is 13.8. The molecule has 3 rings (SSSR count). The van der Waals surface area contributed by atoms with Crippen LogP contribution in [0.15, 0.2) is 35.8 Å². The molecule has 0 bridgehead atoms. The summed E-state index contributed by atoms with van der Waals surface area (Å²) in [4.78, 5) is 29.7. The van der Waals surface area contributed by atoms with Crippen molar-refractivity contribution in [3.05, 3.63) is 46.0 Å². The largest absolute Gasteiger partial charge is 0.360 e. The van der Waals surface area contributed by atoms with Crippen molar-refractivity contribution in [1.82, 2.24) is 4.98 Å². The zero-order chi connectivity index (χ0) is 16.9. The molecule has 0 aliphatic carbocycles. The highest BCUT2D eigenvalue weighted by atomic mass is 32.1. The van der Waals surface area contributed by atoms with Gasteiger partial charge in [0.2, 0.25) is 0 Å². The highest BCUT2D eigenvalue weighted by Gasteiger charge is 2.23. The molecule has 1 fully saturated rings. The topological polar surface area (TPSA) is 92.8 Å². The van der Waals surface area contributed by atoms with Crippen LogP contribution in [0, 0.1) is 10.1 Å². The third kappa shape index (κ3) is 4.06. The lowest BCUT2D eigenvalue weighted by Gasteiger charge is -2.33. The number of piperazine rings is 1. The summed E-state index contributed by atoms with van der Waals surface area (Å²) in [5.74, 6) is -0.0243. The molecule has 1 aromatic heterocycles. The number of amides is 1. The lowest BCUT2D eigenvalue weighted by Crippen LogP contribution is -3.15. The Bertz CT molecular complexity index is 696. The summed E-state index contributed by atoms with van der Waals surface area (Å²) >= 11 is 1.41. The third-order valence-corrected chi connectivity index (χ3v) is 4.67. The number of benzene rings is 1. The highest BCUT2D eigenvalue weighted by molar-refractivity contribution is 7.13. The van der Waals surface area contributed by atoms with Gasteiger partial charge in [-0.25, -0.2) is 4.98 Å². The lowest BCUT2D eigenvalue weighted by molar-refractivity contribution is -0.892. The van der Waals surface area contributed by atoms with Crippen LogP contribution < -0.4 is 15.1 Å². The molecule has 1 aromatic carbocycles. The molecule has 126 valence electrons. The first-order chi connectivity index (χ1) is 11.6. The Morgan fingerprint density at radius 2 is 2.04 bits per heavy atom. The number of rotatable bonds is 5. The summed E-state index contributed by atoms with van der Waals surface area (Å²) in [7, 11) is 0. The quantitative estimate of drug-likeness (QED) is 0.602. The summed E-state index contributed by atoms with van der Waals surface area (Å²) in [6.45, 7) is 3.76. The van der Waals surface area contributed by atoms with Gasteiger partial charge >= 0.3 is 0 Å². The summed E-state index contributed by atoms with van der Waals surface area (Å²) in [5.41, 5.74) is 1.08. The number of nitro benzene ring substituents is 1. The molecule has 1 aliphatic rings. The van der Waals surface area contributed by atoms with Crippen LogP contribution in [0.25, 0.3) is 0 Å². The van der Waals surface area contributed by atoms with Crippen LogP contribution in [-0.2, 0) is 4.79 Å². The van der Waals surface area contributed by atoms with E-state index in [4.69, 9.17) is 0 Å². The average molecular weight is 348 g/mol. The molecule has 0 spiro atoms. The van der Waals surface area contributed by atoms with Crippen LogP contribution in [-0.4, -0.2) is 48.5 Å². The second kappa shape index (κ2) is 7.37. The number of anilines is 2. The van der Waals surface area contributed by atoms with E-state index >= 15 is 0 Å². The first kappa shape index (κ1) is 16.3. The van der Waals surface area contributed by atoms with E-state index in [-0.39, 0.29) is 11.6 Å². The van der Waals surface area contributed by atoms with Crippen LogP contribution >= 0.6 is 11.3 Å². The monoisotopic (exact) mass is 348 g/mol. The van der Waals surface area contributed by atoms with Crippen molar-refractivity contribution in [2.45, 2.75) is 0 Å². The summed E-state index contributed by atoms with van der Waals surface area (Å²) < 4.78 is 0. The minimum atomic E-state index is -0.396. The molecule has 0 atom stereocenters. The molecular formula is C15H18N5O3S+. The fourth-order valence-electron chi connectivity index (χ4n) is 2.72. The minimum absolute atomic E-state index is 0.0243. The first-order valence-electron chi connectivity index (χ1n) is 7.64. The van der Waals surface area contributed by atoms with Crippen LogP contribution in [0.2, 0.25) is 0 Å². The van der Waals surface area contributed by atoms with Gasteiger partial charge in [0.25, 0.3) is 11.6 Å². The molecule has 1 aliphatic heterocycles. The van der Waals surface area contributed by atoms with Gasteiger partial charge in [-0.05, 0) is 12.1 Å². The first-order valence-corrected chi connectivity index (χ1v) is 8.52. The average Bonchev–Trinajstić information content (AvgIpc) is 3.08. The Labute approximate surface area is 142 Å². The molecule has 0 unspecified atom stereocenters. The van der Waals surface area contributed by atoms with E-state index in [1.54, 1.807) is 18.3 Å². The molecule has 1 amide bonds. The second-order valence-electron chi connectivity index (χ2n) is 5.57. The van der Waals surface area contributed by atoms with Crippen molar-refractivity contribution >= 4 is 33.8 Å². The van der Waals surface area contributed by atoms with E-state index in [2.05, 4.69) is 15.2 Å². The number of carbonyl (C=O) groups excluding carboxylic acids is 1. The highest BCUT2D eigenvalue weighted by Crippen LogP contribution is 2.19. The molecule has 24 heavy (non-hydrogen) atoms. The van der Waals surface area contributed by atoms with Crippen molar-refractivity contribution in [1.29, 1.82) is 0 Å². The van der Waals surface area contributed by atoms with Gasteiger partial charge in [0.05, 0.1) is 31.1 Å². The fraction of sp³-hybridized carbons (Fsp3) is 0.333. The Hall–Kier alpha value is -2.52. The maximum Gasteiger partial charge on any atom is 0.281 e. The number of thiazole rings is 1. The minimum Gasteiger partial charge on any atom is -0.360 e. The maximum atomic E-state index is 12.0. The van der Waals surface area contributed by atoms with Crippen LogP contribution in [0.1, 0.15) is 0 Å². The summed E-state index contributed by atoms with van der Waals surface area (Å²) in [6.07, 6.45) is 1.66.